The molecule has 0 aliphatic carbocycles. The van der Waals surface area contributed by atoms with Gasteiger partial charge in [0.15, 0.2) is 4.87 Å². The van der Waals surface area contributed by atoms with Crippen molar-refractivity contribution in [3.05, 3.63) is 82.4 Å². The highest BCUT2D eigenvalue weighted by Crippen LogP contribution is 2.32. The Balaban J connectivity index is 1.56. The first-order valence-electron chi connectivity index (χ1n) is 8.56. The van der Waals surface area contributed by atoms with Gasteiger partial charge in [-0.2, -0.15) is 13.2 Å². The average molecular weight is 386 g/mol. The second-order valence-corrected chi connectivity index (χ2v) is 6.34. The highest BCUT2D eigenvalue weighted by molar-refractivity contribution is 5.55. The summed E-state index contributed by atoms with van der Waals surface area (Å²) in [4.78, 5) is 16.8. The molecule has 0 saturated carbocycles. The van der Waals surface area contributed by atoms with E-state index in [-0.39, 0.29) is 5.88 Å². The molecule has 0 saturated heterocycles. The van der Waals surface area contributed by atoms with Crippen LogP contribution < -0.4 is 10.2 Å². The number of rotatable bonds is 2. The first kappa shape index (κ1) is 18.0. The van der Waals surface area contributed by atoms with Gasteiger partial charge in [-0.3, -0.25) is 0 Å². The molecule has 0 bridgehead atoms. The number of halogens is 3. The summed E-state index contributed by atoms with van der Waals surface area (Å²) in [6, 6.07) is 14.5. The van der Waals surface area contributed by atoms with Crippen molar-refractivity contribution < 1.29 is 22.8 Å². The van der Waals surface area contributed by atoms with E-state index in [0.717, 1.165) is 28.3 Å². The van der Waals surface area contributed by atoms with E-state index in [1.54, 1.807) is 24.3 Å². The minimum absolute atomic E-state index is 0.0579. The fraction of sp³-hybridized carbons (Fsp3) is 0.150. The normalized spacial score (nSPS) is 13.6. The fourth-order valence-corrected chi connectivity index (χ4v) is 3.04. The summed E-state index contributed by atoms with van der Waals surface area (Å²) in [7, 11) is 0. The maximum absolute atomic E-state index is 12.6. The molecule has 0 spiro atoms. The Kier molecular flexibility index (Phi) is 4.46. The number of para-hydroxylation sites is 1. The van der Waals surface area contributed by atoms with Crippen LogP contribution in [0.15, 0.2) is 60.8 Å². The Labute approximate surface area is 158 Å². The van der Waals surface area contributed by atoms with Crippen LogP contribution in [-0.4, -0.2) is 9.85 Å². The number of nitrogens with zero attached hydrogens (tertiary/aromatic N) is 2. The average Bonchev–Trinajstić information content (AvgIpc) is 2.66. The van der Waals surface area contributed by atoms with Crippen LogP contribution in [0, 0.1) is 4.91 Å². The first-order valence-corrected chi connectivity index (χ1v) is 8.56. The van der Waals surface area contributed by atoms with Crippen molar-refractivity contribution in [1.82, 2.24) is 4.98 Å². The molecule has 2 heterocycles. The molecular weight excluding hydrogens is 371 g/mol. The number of hydrogen-bond acceptors (Lipinski definition) is 3. The van der Waals surface area contributed by atoms with Crippen LogP contribution in [0.4, 0.5) is 24.5 Å². The van der Waals surface area contributed by atoms with Gasteiger partial charge in [0.1, 0.15) is 11.4 Å². The second kappa shape index (κ2) is 6.95. The van der Waals surface area contributed by atoms with Crippen LogP contribution in [0.2, 0.25) is 0 Å². The van der Waals surface area contributed by atoms with Gasteiger partial charge in [0.2, 0.25) is 5.88 Å². The molecule has 1 aliphatic rings. The molecule has 8 heteroatoms. The number of nitrogens with one attached hydrogen (secondary N) is 1. The Morgan fingerprint density at radius 3 is 2.54 bits per heavy atom. The summed E-state index contributed by atoms with van der Waals surface area (Å²) in [6.07, 6.45) is -2.37. The van der Waals surface area contributed by atoms with Crippen LogP contribution in [0.1, 0.15) is 16.7 Å². The lowest BCUT2D eigenvalue weighted by Crippen LogP contribution is -2.16. The van der Waals surface area contributed by atoms with Gasteiger partial charge >= 0.3 is 6.18 Å². The van der Waals surface area contributed by atoms with E-state index >= 15 is 0 Å². The molecule has 28 heavy (non-hydrogen) atoms. The van der Waals surface area contributed by atoms with Crippen molar-refractivity contribution in [3.63, 3.8) is 0 Å². The van der Waals surface area contributed by atoms with E-state index in [1.165, 1.54) is 6.07 Å². The Hall–Kier alpha value is -3.42. The van der Waals surface area contributed by atoms with Crippen LogP contribution in [0.5, 0.6) is 11.6 Å². The van der Waals surface area contributed by atoms with Gasteiger partial charge < -0.3 is 4.74 Å². The second-order valence-electron chi connectivity index (χ2n) is 6.34. The number of benzene rings is 2. The lowest BCUT2D eigenvalue weighted by atomic mass is 10.0. The number of alkyl halides is 3. The Morgan fingerprint density at radius 2 is 1.79 bits per heavy atom. The van der Waals surface area contributed by atoms with Gasteiger partial charge in [0, 0.05) is 23.9 Å². The standard InChI is InChI=1S/C20H15F3N3O2/c21-20(22,23)15-7-10-19(24-12-15)28-16-8-9-17-14(11-16)6-5-13-3-1-2-4-18(13)26(27)25-17/h1-4,7-12H,5-6H2,(H,25,27)/q+1. The quantitative estimate of drug-likeness (QED) is 0.597. The SMILES string of the molecule is O=[N+]1Nc2ccc(Oc3ccc(C(F)(F)F)cn3)cc2CCc2ccccc21. The molecular formula is C20H15F3N3O2+. The first-order chi connectivity index (χ1) is 13.4. The van der Waals surface area contributed by atoms with E-state index in [0.29, 0.717) is 30.0 Å². The zero-order valence-electron chi connectivity index (χ0n) is 14.5. The highest BCUT2D eigenvalue weighted by atomic mass is 19.4. The molecule has 3 aromatic rings. The van der Waals surface area contributed by atoms with Crippen molar-refractivity contribution >= 4 is 11.4 Å². The smallest absolute Gasteiger partial charge is 0.417 e. The van der Waals surface area contributed by atoms with E-state index in [1.807, 2.05) is 18.2 Å². The number of aromatic nitrogens is 1. The van der Waals surface area contributed by atoms with Crippen molar-refractivity contribution in [3.8, 4) is 11.6 Å². The number of hydrazine groups is 1. The molecule has 2 aromatic carbocycles. The van der Waals surface area contributed by atoms with Gasteiger partial charge in [0.25, 0.3) is 5.69 Å². The molecule has 0 radical (unpaired) electrons. The summed E-state index contributed by atoms with van der Waals surface area (Å²) in [6.45, 7) is 0. The van der Waals surface area contributed by atoms with Gasteiger partial charge in [-0.25, -0.2) is 4.98 Å². The molecule has 1 aliphatic heterocycles. The van der Waals surface area contributed by atoms with Crippen LogP contribution >= 0.6 is 0 Å². The molecule has 0 unspecified atom stereocenters. The van der Waals surface area contributed by atoms with Crippen LogP contribution in [-0.2, 0) is 19.0 Å². The topological polar surface area (TPSA) is 54.2 Å². The molecule has 0 fully saturated rings. The monoisotopic (exact) mass is 386 g/mol. The van der Waals surface area contributed by atoms with Crippen LogP contribution in [0.3, 0.4) is 0 Å². The van der Waals surface area contributed by atoms with Gasteiger partial charge in [-0.05, 0) is 42.7 Å². The van der Waals surface area contributed by atoms with Gasteiger partial charge in [-0.1, -0.05) is 18.2 Å². The maximum Gasteiger partial charge on any atom is 0.417 e. The molecule has 5 nitrogen and oxygen atoms in total. The minimum atomic E-state index is -4.44. The molecule has 0 amide bonds. The van der Waals surface area contributed by atoms with Gasteiger partial charge in [-0.15, -0.1) is 5.43 Å². The fourth-order valence-electron chi connectivity index (χ4n) is 3.04. The number of hydrogen-bond donors (Lipinski definition) is 1. The number of fused-ring (bicyclic) bond motifs is 2. The van der Waals surface area contributed by atoms with Gasteiger partial charge in [0.05, 0.1) is 10.5 Å². The van der Waals surface area contributed by atoms with Crippen molar-refractivity contribution in [1.29, 1.82) is 0 Å². The molecule has 1 aromatic heterocycles. The Morgan fingerprint density at radius 1 is 1.00 bits per heavy atom. The summed E-state index contributed by atoms with van der Waals surface area (Å²) in [5.74, 6) is 0.488. The Bertz CT molecular complexity index is 1030. The number of anilines is 1. The van der Waals surface area contributed by atoms with Crippen molar-refractivity contribution in [2.45, 2.75) is 19.0 Å². The molecule has 142 valence electrons. The third-order valence-corrected chi connectivity index (χ3v) is 4.46. The van der Waals surface area contributed by atoms with E-state index in [4.69, 9.17) is 4.74 Å². The summed E-state index contributed by atoms with van der Waals surface area (Å²) in [5.41, 5.74) is 4.98. The van der Waals surface area contributed by atoms with E-state index in [2.05, 4.69) is 10.4 Å². The number of aryl methyl sites for hydroxylation is 2. The highest BCUT2D eigenvalue weighted by Gasteiger charge is 2.30. The molecule has 0 atom stereocenters. The summed E-state index contributed by atoms with van der Waals surface area (Å²) < 4.78 is 43.5. The van der Waals surface area contributed by atoms with E-state index in [9.17, 15) is 18.1 Å². The maximum atomic E-state index is 12.6. The van der Waals surface area contributed by atoms with Crippen molar-refractivity contribution in [2.75, 3.05) is 5.43 Å². The number of ether oxygens (including phenoxy) is 1. The largest absolute Gasteiger partial charge is 0.439 e. The lowest BCUT2D eigenvalue weighted by molar-refractivity contribution is -0.428. The summed E-state index contributed by atoms with van der Waals surface area (Å²) in [5, 5.41) is 0. The minimum Gasteiger partial charge on any atom is -0.439 e. The third kappa shape index (κ3) is 3.66. The third-order valence-electron chi connectivity index (χ3n) is 4.46. The molecule has 4 rings (SSSR count). The van der Waals surface area contributed by atoms with Crippen molar-refractivity contribution in [2.24, 2.45) is 0 Å². The lowest BCUT2D eigenvalue weighted by Gasteiger charge is -2.14. The predicted octanol–water partition coefficient (Wildman–Crippen LogP) is 5.43. The number of nitroso groups, excluding NO2 is 1. The predicted molar refractivity (Wildman–Crippen MR) is 96.5 cm³/mol. The summed E-state index contributed by atoms with van der Waals surface area (Å²) >= 11 is 0. The van der Waals surface area contributed by atoms with E-state index < -0.39 is 11.7 Å². The zero-order chi connectivity index (χ0) is 19.7. The number of pyridine rings is 1. The molecule has 1 N–H and O–H groups in total. The zero-order valence-corrected chi connectivity index (χ0v) is 14.5. The van der Waals surface area contributed by atoms with Crippen LogP contribution in [0.25, 0.3) is 0 Å².